The third-order valence-corrected chi connectivity index (χ3v) is 3.83. The summed E-state index contributed by atoms with van der Waals surface area (Å²) in [5.74, 6) is 0.677. The second-order valence-corrected chi connectivity index (χ2v) is 6.00. The Hall–Kier alpha value is -0.610. The average Bonchev–Trinajstić information content (AvgIpc) is 2.78. The summed E-state index contributed by atoms with van der Waals surface area (Å²) in [6, 6.07) is 0. The molecule has 1 fully saturated rings. The van der Waals surface area contributed by atoms with Crippen LogP contribution in [-0.2, 0) is 4.79 Å². The van der Waals surface area contributed by atoms with Gasteiger partial charge < -0.3 is 15.7 Å². The second-order valence-electron chi connectivity index (χ2n) is 6.00. The van der Waals surface area contributed by atoms with Gasteiger partial charge in [-0.25, -0.2) is 0 Å². The molecule has 0 aromatic rings. The van der Waals surface area contributed by atoms with Gasteiger partial charge in [-0.2, -0.15) is 0 Å². The van der Waals surface area contributed by atoms with Crippen LogP contribution in [0.5, 0.6) is 0 Å². The molecule has 0 atom stereocenters. The molecule has 0 bridgehead atoms. The van der Waals surface area contributed by atoms with Crippen LogP contribution in [0.2, 0.25) is 0 Å². The molecule has 0 aromatic carbocycles. The number of nitrogens with one attached hydrogen (secondary N) is 2. The number of hydrogen-bond donors (Lipinski definition) is 3. The molecule has 1 aliphatic rings. The van der Waals surface area contributed by atoms with Crippen molar-refractivity contribution in [1.82, 2.24) is 10.6 Å². The van der Waals surface area contributed by atoms with Gasteiger partial charge in [-0.3, -0.25) is 4.79 Å². The van der Waals surface area contributed by atoms with Crippen molar-refractivity contribution < 1.29 is 9.90 Å². The van der Waals surface area contributed by atoms with Crippen LogP contribution < -0.4 is 10.6 Å². The van der Waals surface area contributed by atoms with Gasteiger partial charge in [0, 0.05) is 25.1 Å². The Morgan fingerprint density at radius 2 is 2.00 bits per heavy atom. The Balaban J connectivity index is 2.11. The molecule has 0 aliphatic heterocycles. The van der Waals surface area contributed by atoms with Crippen LogP contribution in [0.15, 0.2) is 0 Å². The number of amides is 1. The summed E-state index contributed by atoms with van der Waals surface area (Å²) < 4.78 is 0. The van der Waals surface area contributed by atoms with Crippen molar-refractivity contribution in [3.05, 3.63) is 0 Å². The van der Waals surface area contributed by atoms with Gasteiger partial charge in [-0.1, -0.05) is 26.7 Å². The topological polar surface area (TPSA) is 61.4 Å². The standard InChI is InChI=1S/C14H28N2O2/c1-12(2)5-8-16-13(18)9-15-10-14(11-17)6-3-4-7-14/h12,15,17H,3-11H2,1-2H3,(H,16,18). The summed E-state index contributed by atoms with van der Waals surface area (Å²) in [5.41, 5.74) is 0.0260. The summed E-state index contributed by atoms with van der Waals surface area (Å²) in [6.45, 7) is 6.39. The number of carbonyl (C=O) groups is 1. The third kappa shape index (κ3) is 5.36. The molecule has 18 heavy (non-hydrogen) atoms. The van der Waals surface area contributed by atoms with Gasteiger partial charge in [0.15, 0.2) is 0 Å². The molecular formula is C14H28N2O2. The maximum Gasteiger partial charge on any atom is 0.233 e. The molecular weight excluding hydrogens is 228 g/mol. The van der Waals surface area contributed by atoms with Crippen LogP contribution in [0.1, 0.15) is 46.0 Å². The van der Waals surface area contributed by atoms with E-state index in [1.54, 1.807) is 0 Å². The zero-order chi connectivity index (χ0) is 13.4. The number of carbonyl (C=O) groups excluding carboxylic acids is 1. The highest BCUT2D eigenvalue weighted by molar-refractivity contribution is 5.77. The molecule has 0 radical (unpaired) electrons. The number of aliphatic hydroxyl groups excluding tert-OH is 1. The van der Waals surface area contributed by atoms with Crippen LogP contribution in [0.25, 0.3) is 0 Å². The Labute approximate surface area is 111 Å². The van der Waals surface area contributed by atoms with E-state index in [1.807, 2.05) is 0 Å². The van der Waals surface area contributed by atoms with Crippen LogP contribution in [0, 0.1) is 11.3 Å². The van der Waals surface area contributed by atoms with E-state index in [9.17, 15) is 9.90 Å². The molecule has 0 heterocycles. The summed E-state index contributed by atoms with van der Waals surface area (Å²) in [6.07, 6.45) is 5.56. The molecule has 1 aliphatic carbocycles. The highest BCUT2D eigenvalue weighted by Crippen LogP contribution is 2.36. The minimum Gasteiger partial charge on any atom is -0.396 e. The van der Waals surface area contributed by atoms with Crippen LogP contribution >= 0.6 is 0 Å². The summed E-state index contributed by atoms with van der Waals surface area (Å²) in [7, 11) is 0. The van der Waals surface area contributed by atoms with Gasteiger partial charge in [-0.05, 0) is 25.2 Å². The van der Waals surface area contributed by atoms with Crippen LogP contribution in [0.4, 0.5) is 0 Å². The molecule has 0 unspecified atom stereocenters. The Kier molecular flexibility index (Phi) is 6.65. The second kappa shape index (κ2) is 7.74. The van der Waals surface area contributed by atoms with E-state index >= 15 is 0 Å². The molecule has 0 aromatic heterocycles. The minimum atomic E-state index is 0.0260. The molecule has 1 amide bonds. The summed E-state index contributed by atoms with van der Waals surface area (Å²) in [4.78, 5) is 11.6. The van der Waals surface area contributed by atoms with E-state index in [4.69, 9.17) is 0 Å². The van der Waals surface area contributed by atoms with E-state index in [0.29, 0.717) is 12.5 Å². The SMILES string of the molecule is CC(C)CCNC(=O)CNCC1(CO)CCCC1. The number of rotatable bonds is 8. The largest absolute Gasteiger partial charge is 0.396 e. The Bertz CT molecular complexity index is 248. The maximum atomic E-state index is 11.6. The van der Waals surface area contributed by atoms with E-state index in [2.05, 4.69) is 24.5 Å². The molecule has 0 saturated heterocycles. The molecule has 4 nitrogen and oxygen atoms in total. The van der Waals surface area contributed by atoms with Crippen molar-refractivity contribution in [2.75, 3.05) is 26.2 Å². The first-order chi connectivity index (χ1) is 8.58. The fourth-order valence-electron chi connectivity index (χ4n) is 2.52. The lowest BCUT2D eigenvalue weighted by atomic mass is 9.87. The van der Waals surface area contributed by atoms with E-state index in [-0.39, 0.29) is 17.9 Å². The maximum absolute atomic E-state index is 11.6. The monoisotopic (exact) mass is 256 g/mol. The lowest BCUT2D eigenvalue weighted by molar-refractivity contribution is -0.120. The normalized spacial score (nSPS) is 18.2. The molecule has 3 N–H and O–H groups in total. The van der Waals surface area contributed by atoms with Crippen molar-refractivity contribution in [3.8, 4) is 0 Å². The fourth-order valence-corrected chi connectivity index (χ4v) is 2.52. The quantitative estimate of drug-likeness (QED) is 0.613. The molecule has 1 rings (SSSR count). The molecule has 106 valence electrons. The van der Waals surface area contributed by atoms with E-state index in [1.165, 1.54) is 12.8 Å². The lowest BCUT2D eigenvalue weighted by Crippen LogP contribution is -2.41. The van der Waals surface area contributed by atoms with Gasteiger partial charge >= 0.3 is 0 Å². The molecule has 0 spiro atoms. The summed E-state index contributed by atoms with van der Waals surface area (Å²) in [5, 5.41) is 15.5. The molecule has 4 heteroatoms. The van der Waals surface area contributed by atoms with Crippen molar-refractivity contribution >= 4 is 5.91 Å². The zero-order valence-corrected chi connectivity index (χ0v) is 11.8. The number of aliphatic hydroxyl groups is 1. The smallest absolute Gasteiger partial charge is 0.233 e. The van der Waals surface area contributed by atoms with Gasteiger partial charge in [0.25, 0.3) is 0 Å². The average molecular weight is 256 g/mol. The Morgan fingerprint density at radius 3 is 2.56 bits per heavy atom. The first kappa shape index (κ1) is 15.4. The zero-order valence-electron chi connectivity index (χ0n) is 11.8. The number of hydrogen-bond acceptors (Lipinski definition) is 3. The van der Waals surface area contributed by atoms with Gasteiger partial charge in [0.1, 0.15) is 0 Å². The minimum absolute atomic E-state index is 0.0260. The van der Waals surface area contributed by atoms with E-state index < -0.39 is 0 Å². The predicted molar refractivity (Wildman–Crippen MR) is 73.3 cm³/mol. The third-order valence-electron chi connectivity index (χ3n) is 3.83. The van der Waals surface area contributed by atoms with Crippen molar-refractivity contribution in [2.45, 2.75) is 46.0 Å². The van der Waals surface area contributed by atoms with Gasteiger partial charge in [0.2, 0.25) is 5.91 Å². The van der Waals surface area contributed by atoms with Crippen molar-refractivity contribution in [3.63, 3.8) is 0 Å². The first-order valence-corrected chi connectivity index (χ1v) is 7.16. The van der Waals surface area contributed by atoms with Crippen LogP contribution in [0.3, 0.4) is 0 Å². The highest BCUT2D eigenvalue weighted by atomic mass is 16.3. The van der Waals surface area contributed by atoms with Crippen molar-refractivity contribution in [2.24, 2.45) is 11.3 Å². The Morgan fingerprint density at radius 1 is 1.33 bits per heavy atom. The van der Waals surface area contributed by atoms with Crippen LogP contribution in [-0.4, -0.2) is 37.3 Å². The van der Waals surface area contributed by atoms with E-state index in [0.717, 1.165) is 32.4 Å². The first-order valence-electron chi connectivity index (χ1n) is 7.16. The fraction of sp³-hybridized carbons (Fsp3) is 0.929. The van der Waals surface area contributed by atoms with Gasteiger partial charge in [-0.15, -0.1) is 0 Å². The summed E-state index contributed by atoms with van der Waals surface area (Å²) >= 11 is 0. The predicted octanol–water partition coefficient (Wildman–Crippen LogP) is 1.29. The van der Waals surface area contributed by atoms with Crippen molar-refractivity contribution in [1.29, 1.82) is 0 Å². The van der Waals surface area contributed by atoms with Gasteiger partial charge in [0.05, 0.1) is 6.54 Å². The highest BCUT2D eigenvalue weighted by Gasteiger charge is 2.32. The molecule has 1 saturated carbocycles. The lowest BCUT2D eigenvalue weighted by Gasteiger charge is -2.26.